The number of fused-ring (bicyclic) bond motifs is 1. The van der Waals surface area contributed by atoms with E-state index in [0.29, 0.717) is 49.4 Å². The lowest BCUT2D eigenvalue weighted by molar-refractivity contribution is 0.178. The fourth-order valence-electron chi connectivity index (χ4n) is 2.89. The van der Waals surface area contributed by atoms with Crippen molar-refractivity contribution in [1.29, 1.82) is 5.26 Å². The number of rotatable bonds is 2. The SMILES string of the molecule is N#CC1CCN(C(=O)NCc2cc(Cl)c3c(c2)OCCCO3)CC1. The average Bonchev–Trinajstić information content (AvgIpc) is 2.85. The summed E-state index contributed by atoms with van der Waals surface area (Å²) >= 11 is 6.26. The van der Waals surface area contributed by atoms with Crippen LogP contribution in [0.4, 0.5) is 4.79 Å². The zero-order valence-electron chi connectivity index (χ0n) is 13.4. The zero-order valence-corrected chi connectivity index (χ0v) is 14.1. The number of nitrogens with one attached hydrogen (secondary N) is 1. The molecule has 2 aliphatic rings. The number of urea groups is 1. The molecule has 1 saturated heterocycles. The number of carbonyl (C=O) groups is 1. The Morgan fingerprint density at radius 2 is 2.08 bits per heavy atom. The van der Waals surface area contributed by atoms with E-state index in [1.165, 1.54) is 0 Å². The fourth-order valence-corrected chi connectivity index (χ4v) is 3.18. The molecule has 1 fully saturated rings. The van der Waals surface area contributed by atoms with Crippen molar-refractivity contribution in [3.05, 3.63) is 22.7 Å². The highest BCUT2D eigenvalue weighted by atomic mass is 35.5. The van der Waals surface area contributed by atoms with Crippen LogP contribution in [0.3, 0.4) is 0 Å². The molecule has 0 spiro atoms. The number of hydrogen-bond acceptors (Lipinski definition) is 4. The first-order valence-corrected chi connectivity index (χ1v) is 8.55. The van der Waals surface area contributed by atoms with Crippen LogP contribution < -0.4 is 14.8 Å². The Morgan fingerprint density at radius 1 is 1.33 bits per heavy atom. The summed E-state index contributed by atoms with van der Waals surface area (Å²) < 4.78 is 11.3. The number of nitrogens with zero attached hydrogens (tertiary/aromatic N) is 2. The lowest BCUT2D eigenvalue weighted by Gasteiger charge is -2.29. The van der Waals surface area contributed by atoms with Gasteiger partial charge in [0, 0.05) is 32.0 Å². The van der Waals surface area contributed by atoms with Gasteiger partial charge in [-0.3, -0.25) is 0 Å². The maximum Gasteiger partial charge on any atom is 0.317 e. The lowest BCUT2D eigenvalue weighted by Crippen LogP contribution is -2.44. The number of halogens is 1. The van der Waals surface area contributed by atoms with Gasteiger partial charge in [-0.05, 0) is 30.5 Å². The van der Waals surface area contributed by atoms with Crippen molar-refractivity contribution in [3.8, 4) is 17.6 Å². The van der Waals surface area contributed by atoms with Crippen LogP contribution >= 0.6 is 11.6 Å². The standard InChI is InChI=1S/C17H20ClN3O3/c18-14-8-13(9-15-16(14)24-7-1-6-23-15)11-20-17(22)21-4-2-12(10-19)3-5-21/h8-9,12H,1-7,11H2,(H,20,22). The van der Waals surface area contributed by atoms with Crippen molar-refractivity contribution >= 4 is 17.6 Å². The van der Waals surface area contributed by atoms with Crippen molar-refractivity contribution < 1.29 is 14.3 Å². The molecule has 2 heterocycles. The number of likely N-dealkylation sites (tertiary alicyclic amines) is 1. The second kappa shape index (κ2) is 7.63. The molecule has 0 bridgehead atoms. The molecule has 3 rings (SSSR count). The Kier molecular flexibility index (Phi) is 5.31. The summed E-state index contributed by atoms with van der Waals surface area (Å²) in [7, 11) is 0. The van der Waals surface area contributed by atoms with Crippen LogP contribution in [-0.4, -0.2) is 37.2 Å². The predicted molar refractivity (Wildman–Crippen MR) is 89.2 cm³/mol. The fraction of sp³-hybridized carbons (Fsp3) is 0.529. The highest BCUT2D eigenvalue weighted by Gasteiger charge is 2.22. The zero-order chi connectivity index (χ0) is 16.9. The highest BCUT2D eigenvalue weighted by molar-refractivity contribution is 6.32. The molecular formula is C17H20ClN3O3. The minimum Gasteiger partial charge on any atom is -0.489 e. The largest absolute Gasteiger partial charge is 0.489 e. The molecule has 2 aliphatic heterocycles. The first-order chi connectivity index (χ1) is 11.7. The van der Waals surface area contributed by atoms with Crippen molar-refractivity contribution in [2.24, 2.45) is 5.92 Å². The van der Waals surface area contributed by atoms with E-state index in [1.54, 1.807) is 11.0 Å². The Labute approximate surface area is 146 Å². The van der Waals surface area contributed by atoms with Gasteiger partial charge in [0.1, 0.15) is 0 Å². The van der Waals surface area contributed by atoms with Crippen LogP contribution in [0.1, 0.15) is 24.8 Å². The van der Waals surface area contributed by atoms with Gasteiger partial charge in [-0.2, -0.15) is 5.26 Å². The molecule has 128 valence electrons. The summed E-state index contributed by atoms with van der Waals surface area (Å²) in [6, 6.07) is 5.79. The van der Waals surface area contributed by atoms with Crippen molar-refractivity contribution in [3.63, 3.8) is 0 Å². The molecule has 1 N–H and O–H groups in total. The molecule has 1 aromatic carbocycles. The molecule has 0 atom stereocenters. The summed E-state index contributed by atoms with van der Waals surface area (Å²) in [5, 5.41) is 12.3. The Morgan fingerprint density at radius 3 is 2.83 bits per heavy atom. The van der Waals surface area contributed by atoms with E-state index >= 15 is 0 Å². The maximum atomic E-state index is 12.2. The topological polar surface area (TPSA) is 74.6 Å². The number of amides is 2. The van der Waals surface area contributed by atoms with Crippen molar-refractivity contribution in [2.75, 3.05) is 26.3 Å². The van der Waals surface area contributed by atoms with E-state index in [4.69, 9.17) is 26.3 Å². The molecule has 0 aromatic heterocycles. The number of nitriles is 1. The van der Waals surface area contributed by atoms with Gasteiger partial charge in [-0.15, -0.1) is 0 Å². The van der Waals surface area contributed by atoms with Crippen LogP contribution in [0.25, 0.3) is 0 Å². The molecule has 1 aromatic rings. The van der Waals surface area contributed by atoms with E-state index in [9.17, 15) is 4.79 Å². The van der Waals surface area contributed by atoms with Crippen LogP contribution in [0.15, 0.2) is 12.1 Å². The lowest BCUT2D eigenvalue weighted by atomic mass is 9.99. The van der Waals surface area contributed by atoms with Crippen LogP contribution in [0.2, 0.25) is 5.02 Å². The Balaban J connectivity index is 1.59. The van der Waals surface area contributed by atoms with Crippen LogP contribution in [0.5, 0.6) is 11.5 Å². The predicted octanol–water partition coefficient (Wildman–Crippen LogP) is 2.95. The molecule has 0 unspecified atom stereocenters. The van der Waals surface area contributed by atoms with E-state index in [-0.39, 0.29) is 11.9 Å². The molecule has 24 heavy (non-hydrogen) atoms. The molecular weight excluding hydrogens is 330 g/mol. The summed E-state index contributed by atoms with van der Waals surface area (Å²) in [4.78, 5) is 14.0. The van der Waals surface area contributed by atoms with Crippen molar-refractivity contribution in [2.45, 2.75) is 25.8 Å². The maximum absolute atomic E-state index is 12.2. The van der Waals surface area contributed by atoms with Gasteiger partial charge in [0.05, 0.1) is 24.3 Å². The third-order valence-corrected chi connectivity index (χ3v) is 4.55. The van der Waals surface area contributed by atoms with Gasteiger partial charge in [0.2, 0.25) is 0 Å². The van der Waals surface area contributed by atoms with Crippen LogP contribution in [0, 0.1) is 17.2 Å². The average molecular weight is 350 g/mol. The smallest absolute Gasteiger partial charge is 0.317 e. The van der Waals surface area contributed by atoms with E-state index in [1.807, 2.05) is 6.07 Å². The third-order valence-electron chi connectivity index (χ3n) is 4.27. The number of carbonyl (C=O) groups excluding carboxylic acids is 1. The van der Waals surface area contributed by atoms with Gasteiger partial charge < -0.3 is 19.7 Å². The quantitative estimate of drug-likeness (QED) is 0.890. The van der Waals surface area contributed by atoms with Gasteiger partial charge in [-0.1, -0.05) is 11.6 Å². The van der Waals surface area contributed by atoms with Gasteiger partial charge in [0.25, 0.3) is 0 Å². The normalized spacial score (nSPS) is 17.8. The monoisotopic (exact) mass is 349 g/mol. The first-order valence-electron chi connectivity index (χ1n) is 8.18. The Bertz CT molecular complexity index is 651. The number of hydrogen-bond donors (Lipinski definition) is 1. The minimum absolute atomic E-state index is 0.0644. The number of piperidine rings is 1. The second-order valence-corrected chi connectivity index (χ2v) is 6.41. The molecule has 0 saturated carbocycles. The second-order valence-electron chi connectivity index (χ2n) is 6.00. The van der Waals surface area contributed by atoms with Crippen molar-refractivity contribution in [1.82, 2.24) is 10.2 Å². The van der Waals surface area contributed by atoms with Gasteiger partial charge in [-0.25, -0.2) is 4.79 Å². The first kappa shape index (κ1) is 16.7. The molecule has 2 amide bonds. The summed E-state index contributed by atoms with van der Waals surface area (Å²) in [5.74, 6) is 1.26. The van der Waals surface area contributed by atoms with Crippen LogP contribution in [-0.2, 0) is 6.54 Å². The van der Waals surface area contributed by atoms with Gasteiger partial charge >= 0.3 is 6.03 Å². The summed E-state index contributed by atoms with van der Waals surface area (Å²) in [6.45, 7) is 2.78. The van der Waals surface area contributed by atoms with E-state index in [2.05, 4.69) is 11.4 Å². The molecule has 0 radical (unpaired) electrons. The minimum atomic E-state index is -0.116. The number of ether oxygens (including phenoxy) is 2. The van der Waals surface area contributed by atoms with E-state index in [0.717, 1.165) is 24.8 Å². The van der Waals surface area contributed by atoms with Gasteiger partial charge in [0.15, 0.2) is 11.5 Å². The molecule has 6 nitrogen and oxygen atoms in total. The molecule has 0 aliphatic carbocycles. The molecule has 7 heteroatoms. The van der Waals surface area contributed by atoms with E-state index < -0.39 is 0 Å². The third kappa shape index (κ3) is 3.85. The highest BCUT2D eigenvalue weighted by Crippen LogP contribution is 2.37. The summed E-state index contributed by atoms with van der Waals surface area (Å²) in [6.07, 6.45) is 2.29. The Hall–Kier alpha value is -2.13. The number of benzene rings is 1. The summed E-state index contributed by atoms with van der Waals surface area (Å²) in [5.41, 5.74) is 0.865.